The summed E-state index contributed by atoms with van der Waals surface area (Å²) >= 11 is 0. The number of hydrogen-bond acceptors (Lipinski definition) is 5. The summed E-state index contributed by atoms with van der Waals surface area (Å²) in [5.74, 6) is 0. The molecular weight excluding hydrogens is 264 g/mol. The number of hydrogen-bond donors (Lipinski definition) is 1. The summed E-state index contributed by atoms with van der Waals surface area (Å²) in [6, 6.07) is 1.44. The first-order valence-electron chi connectivity index (χ1n) is 8.58. The van der Waals surface area contributed by atoms with Crippen molar-refractivity contribution in [2.75, 3.05) is 66.0 Å². The van der Waals surface area contributed by atoms with Crippen LogP contribution in [-0.4, -0.2) is 109 Å². The maximum Gasteiger partial charge on any atom is 0.0599 e. The van der Waals surface area contributed by atoms with E-state index in [1.807, 2.05) is 0 Å². The highest BCUT2D eigenvalue weighted by Crippen LogP contribution is 2.17. The SMILES string of the molecule is CCN1CCN([C@@H](C)[C@H](C)N2CCN(C)C(CO)C2)CC1. The normalized spacial score (nSPS) is 30.4. The molecule has 21 heavy (non-hydrogen) atoms. The highest BCUT2D eigenvalue weighted by atomic mass is 16.3. The molecule has 5 heteroatoms. The van der Waals surface area contributed by atoms with E-state index < -0.39 is 0 Å². The van der Waals surface area contributed by atoms with Gasteiger partial charge >= 0.3 is 0 Å². The van der Waals surface area contributed by atoms with Crippen molar-refractivity contribution in [2.24, 2.45) is 0 Å². The molecule has 0 aromatic carbocycles. The van der Waals surface area contributed by atoms with E-state index in [0.29, 0.717) is 18.1 Å². The molecule has 0 aromatic heterocycles. The predicted molar refractivity (Wildman–Crippen MR) is 87.7 cm³/mol. The number of piperazine rings is 2. The molecule has 0 bridgehead atoms. The summed E-state index contributed by atoms with van der Waals surface area (Å²) < 4.78 is 0. The molecule has 2 fully saturated rings. The van der Waals surface area contributed by atoms with Crippen LogP contribution in [0.25, 0.3) is 0 Å². The van der Waals surface area contributed by atoms with Crippen molar-refractivity contribution in [3.8, 4) is 0 Å². The molecule has 0 amide bonds. The van der Waals surface area contributed by atoms with Crippen molar-refractivity contribution in [3.05, 3.63) is 0 Å². The smallest absolute Gasteiger partial charge is 0.0599 e. The Morgan fingerprint density at radius 3 is 2.10 bits per heavy atom. The lowest BCUT2D eigenvalue weighted by Crippen LogP contribution is -2.60. The minimum Gasteiger partial charge on any atom is -0.395 e. The van der Waals surface area contributed by atoms with Crippen molar-refractivity contribution in [1.82, 2.24) is 19.6 Å². The van der Waals surface area contributed by atoms with Crippen molar-refractivity contribution in [3.63, 3.8) is 0 Å². The zero-order valence-corrected chi connectivity index (χ0v) is 14.3. The monoisotopic (exact) mass is 298 g/mol. The van der Waals surface area contributed by atoms with Gasteiger partial charge in [-0.1, -0.05) is 6.92 Å². The summed E-state index contributed by atoms with van der Waals surface area (Å²) in [5.41, 5.74) is 0. The van der Waals surface area contributed by atoms with Crippen molar-refractivity contribution in [2.45, 2.75) is 38.9 Å². The standard InChI is InChI=1S/C16H34N4O/c1-5-18-7-10-19(11-8-18)14(2)15(3)20-9-6-17(4)16(12-20)13-21/h14-16,21H,5-13H2,1-4H3/t14-,15-,16?/m0/s1. The molecule has 0 aliphatic carbocycles. The maximum absolute atomic E-state index is 9.52. The fourth-order valence-electron chi connectivity index (χ4n) is 3.63. The second-order valence-corrected chi connectivity index (χ2v) is 6.76. The predicted octanol–water partition coefficient (Wildman–Crippen LogP) is 0.00920. The van der Waals surface area contributed by atoms with Crippen LogP contribution in [0.15, 0.2) is 0 Å². The molecule has 2 heterocycles. The van der Waals surface area contributed by atoms with Gasteiger partial charge < -0.3 is 10.0 Å². The van der Waals surface area contributed by atoms with E-state index in [9.17, 15) is 5.11 Å². The molecule has 5 nitrogen and oxygen atoms in total. The lowest BCUT2D eigenvalue weighted by molar-refractivity contribution is 0.00424. The van der Waals surface area contributed by atoms with Gasteiger partial charge in [-0.15, -0.1) is 0 Å². The zero-order valence-electron chi connectivity index (χ0n) is 14.3. The lowest BCUT2D eigenvalue weighted by atomic mass is 10.0. The van der Waals surface area contributed by atoms with Crippen molar-refractivity contribution >= 4 is 0 Å². The molecular formula is C16H34N4O. The lowest BCUT2D eigenvalue weighted by Gasteiger charge is -2.46. The van der Waals surface area contributed by atoms with Crippen LogP contribution in [-0.2, 0) is 0 Å². The molecule has 0 radical (unpaired) electrons. The highest BCUT2D eigenvalue weighted by Gasteiger charge is 2.31. The third-order valence-corrected chi connectivity index (χ3v) is 5.72. The summed E-state index contributed by atoms with van der Waals surface area (Å²) in [5, 5.41) is 9.52. The van der Waals surface area contributed by atoms with E-state index in [1.54, 1.807) is 0 Å². The van der Waals surface area contributed by atoms with Gasteiger partial charge in [0.2, 0.25) is 0 Å². The Morgan fingerprint density at radius 2 is 1.52 bits per heavy atom. The molecule has 2 aliphatic rings. The zero-order chi connectivity index (χ0) is 15.4. The van der Waals surface area contributed by atoms with Crippen LogP contribution in [0.1, 0.15) is 20.8 Å². The fourth-order valence-corrected chi connectivity index (χ4v) is 3.63. The number of nitrogens with zero attached hydrogens (tertiary/aromatic N) is 4. The number of aliphatic hydroxyl groups excluding tert-OH is 1. The Labute approximate surface area is 130 Å². The third-order valence-electron chi connectivity index (χ3n) is 5.72. The topological polar surface area (TPSA) is 33.2 Å². The van der Waals surface area contributed by atoms with Crippen molar-refractivity contribution < 1.29 is 5.11 Å². The Balaban J connectivity index is 1.86. The van der Waals surface area contributed by atoms with Crippen LogP contribution in [0.5, 0.6) is 0 Å². The minimum absolute atomic E-state index is 0.267. The second kappa shape index (κ2) is 7.88. The molecule has 2 saturated heterocycles. The molecule has 0 aromatic rings. The maximum atomic E-state index is 9.52. The van der Waals surface area contributed by atoms with Gasteiger partial charge in [0.25, 0.3) is 0 Å². The molecule has 124 valence electrons. The van der Waals surface area contributed by atoms with Gasteiger partial charge in [-0.25, -0.2) is 0 Å². The van der Waals surface area contributed by atoms with E-state index in [4.69, 9.17) is 0 Å². The van der Waals surface area contributed by atoms with Gasteiger partial charge in [0.05, 0.1) is 6.61 Å². The highest BCUT2D eigenvalue weighted by molar-refractivity contribution is 4.88. The first kappa shape index (κ1) is 17.2. The number of aliphatic hydroxyl groups is 1. The van der Waals surface area contributed by atoms with Gasteiger partial charge in [0, 0.05) is 63.9 Å². The van der Waals surface area contributed by atoms with Gasteiger partial charge in [-0.2, -0.15) is 0 Å². The van der Waals surface area contributed by atoms with E-state index in [0.717, 1.165) is 19.6 Å². The average Bonchev–Trinajstić information content (AvgIpc) is 2.54. The van der Waals surface area contributed by atoms with Crippen LogP contribution < -0.4 is 0 Å². The largest absolute Gasteiger partial charge is 0.395 e. The van der Waals surface area contributed by atoms with Crippen LogP contribution in [0.3, 0.4) is 0 Å². The average molecular weight is 298 g/mol. The Kier molecular flexibility index (Phi) is 6.44. The van der Waals surface area contributed by atoms with Crippen molar-refractivity contribution in [1.29, 1.82) is 0 Å². The molecule has 1 N–H and O–H groups in total. The number of likely N-dealkylation sites (N-methyl/N-ethyl adjacent to an activating group) is 2. The summed E-state index contributed by atoms with van der Waals surface area (Å²) in [6.07, 6.45) is 0. The van der Waals surface area contributed by atoms with Gasteiger partial charge in [-0.05, 0) is 27.4 Å². The van der Waals surface area contributed by atoms with E-state index in [1.165, 1.54) is 32.7 Å². The minimum atomic E-state index is 0.267. The molecule has 3 atom stereocenters. The Hall–Kier alpha value is -0.200. The van der Waals surface area contributed by atoms with E-state index in [2.05, 4.69) is 47.4 Å². The summed E-state index contributed by atoms with van der Waals surface area (Å²) in [7, 11) is 2.12. The van der Waals surface area contributed by atoms with E-state index >= 15 is 0 Å². The van der Waals surface area contributed by atoms with E-state index in [-0.39, 0.29) is 6.61 Å². The van der Waals surface area contributed by atoms with Crippen LogP contribution in [0, 0.1) is 0 Å². The molecule has 0 saturated carbocycles. The summed E-state index contributed by atoms with van der Waals surface area (Å²) in [6.45, 7) is 16.4. The molecule has 1 unspecified atom stereocenters. The number of rotatable bonds is 5. The van der Waals surface area contributed by atoms with Gasteiger partial charge in [0.15, 0.2) is 0 Å². The summed E-state index contributed by atoms with van der Waals surface area (Å²) in [4.78, 5) is 10.0. The fraction of sp³-hybridized carbons (Fsp3) is 1.00. The molecule has 2 rings (SSSR count). The van der Waals surface area contributed by atoms with Crippen LogP contribution >= 0.6 is 0 Å². The molecule has 2 aliphatic heterocycles. The third kappa shape index (κ3) is 4.17. The van der Waals surface area contributed by atoms with Crippen LogP contribution in [0.2, 0.25) is 0 Å². The first-order valence-corrected chi connectivity index (χ1v) is 8.58. The molecule has 0 spiro atoms. The first-order chi connectivity index (χ1) is 10.1. The van der Waals surface area contributed by atoms with Gasteiger partial charge in [-0.3, -0.25) is 14.7 Å². The quantitative estimate of drug-likeness (QED) is 0.773. The Morgan fingerprint density at radius 1 is 0.952 bits per heavy atom. The van der Waals surface area contributed by atoms with Crippen LogP contribution in [0.4, 0.5) is 0 Å². The van der Waals surface area contributed by atoms with Gasteiger partial charge in [0.1, 0.15) is 0 Å². The Bertz CT molecular complexity index is 307. The second-order valence-electron chi connectivity index (χ2n) is 6.76.